The first kappa shape index (κ1) is 16.8. The summed E-state index contributed by atoms with van der Waals surface area (Å²) in [4.78, 5) is 10.5. The molecule has 5 heteroatoms. The van der Waals surface area contributed by atoms with E-state index >= 15 is 0 Å². The second kappa shape index (κ2) is 8.80. The SMILES string of the molecule is CC(C)CCCCCCNc1c(Cl)cccc1[N+](=O)[O-]. The molecule has 0 saturated heterocycles. The Bertz CT molecular complexity index is 436. The van der Waals surface area contributed by atoms with Crippen molar-refractivity contribution in [3.8, 4) is 0 Å². The van der Waals surface area contributed by atoms with E-state index in [1.165, 1.54) is 25.3 Å². The Morgan fingerprint density at radius 2 is 1.95 bits per heavy atom. The van der Waals surface area contributed by atoms with Crippen LogP contribution >= 0.6 is 11.6 Å². The third-order valence-corrected chi connectivity index (χ3v) is 3.51. The number of halogens is 1. The first-order valence-electron chi connectivity index (χ1n) is 7.19. The van der Waals surface area contributed by atoms with Crippen LogP contribution in [0.4, 0.5) is 11.4 Å². The van der Waals surface area contributed by atoms with Gasteiger partial charge in [-0.1, -0.05) is 57.2 Å². The lowest BCUT2D eigenvalue weighted by atomic mass is 10.0. The largest absolute Gasteiger partial charge is 0.378 e. The number of hydrogen-bond donors (Lipinski definition) is 1. The number of nitrogens with one attached hydrogen (secondary N) is 1. The minimum atomic E-state index is -0.406. The van der Waals surface area contributed by atoms with E-state index in [9.17, 15) is 10.1 Å². The fourth-order valence-corrected chi connectivity index (χ4v) is 2.32. The zero-order valence-corrected chi connectivity index (χ0v) is 12.9. The molecule has 1 aromatic carbocycles. The Hall–Kier alpha value is -1.29. The molecule has 1 aromatic rings. The van der Waals surface area contributed by atoms with Crippen LogP contribution in [0.2, 0.25) is 5.02 Å². The van der Waals surface area contributed by atoms with E-state index in [0.717, 1.165) is 18.8 Å². The van der Waals surface area contributed by atoms with Crippen molar-refractivity contribution in [1.82, 2.24) is 0 Å². The number of hydrogen-bond acceptors (Lipinski definition) is 3. The Balaban J connectivity index is 2.33. The van der Waals surface area contributed by atoms with Gasteiger partial charge in [0.1, 0.15) is 5.69 Å². The number of nitro benzene ring substituents is 1. The van der Waals surface area contributed by atoms with Crippen molar-refractivity contribution >= 4 is 23.0 Å². The highest BCUT2D eigenvalue weighted by atomic mass is 35.5. The van der Waals surface area contributed by atoms with Crippen molar-refractivity contribution in [3.63, 3.8) is 0 Å². The second-order valence-corrected chi connectivity index (χ2v) is 5.82. The van der Waals surface area contributed by atoms with Crippen molar-refractivity contribution in [2.75, 3.05) is 11.9 Å². The quantitative estimate of drug-likeness (QED) is 0.384. The first-order valence-corrected chi connectivity index (χ1v) is 7.57. The predicted molar refractivity (Wildman–Crippen MR) is 84.5 cm³/mol. The fourth-order valence-electron chi connectivity index (χ4n) is 2.08. The van der Waals surface area contributed by atoms with Gasteiger partial charge in [0.15, 0.2) is 0 Å². The lowest BCUT2D eigenvalue weighted by Crippen LogP contribution is -2.05. The van der Waals surface area contributed by atoms with Gasteiger partial charge < -0.3 is 5.32 Å². The third kappa shape index (κ3) is 5.78. The molecule has 1 N–H and O–H groups in total. The number of benzene rings is 1. The molecule has 0 bridgehead atoms. The van der Waals surface area contributed by atoms with E-state index in [2.05, 4.69) is 19.2 Å². The molecule has 0 amide bonds. The first-order chi connectivity index (χ1) is 9.52. The van der Waals surface area contributed by atoms with E-state index in [-0.39, 0.29) is 5.69 Å². The van der Waals surface area contributed by atoms with Crippen molar-refractivity contribution in [1.29, 1.82) is 0 Å². The van der Waals surface area contributed by atoms with Gasteiger partial charge in [-0.15, -0.1) is 0 Å². The Labute approximate surface area is 125 Å². The van der Waals surface area contributed by atoms with Crippen LogP contribution in [0, 0.1) is 16.0 Å². The van der Waals surface area contributed by atoms with Gasteiger partial charge in [-0.2, -0.15) is 0 Å². The molecule has 112 valence electrons. The summed E-state index contributed by atoms with van der Waals surface area (Å²) in [6, 6.07) is 4.73. The molecule has 0 atom stereocenters. The Kier molecular flexibility index (Phi) is 7.37. The van der Waals surface area contributed by atoms with Crippen LogP contribution in [-0.4, -0.2) is 11.5 Å². The average molecular weight is 299 g/mol. The van der Waals surface area contributed by atoms with Crippen LogP contribution in [0.15, 0.2) is 18.2 Å². The smallest absolute Gasteiger partial charge is 0.293 e. The van der Waals surface area contributed by atoms with Gasteiger partial charge in [0.05, 0.1) is 9.95 Å². The molecule has 0 aliphatic carbocycles. The summed E-state index contributed by atoms with van der Waals surface area (Å²) >= 11 is 6.00. The summed E-state index contributed by atoms with van der Waals surface area (Å²) in [5, 5.41) is 14.4. The molecule has 0 heterocycles. The zero-order valence-electron chi connectivity index (χ0n) is 12.2. The van der Waals surface area contributed by atoms with Gasteiger partial charge in [0, 0.05) is 12.6 Å². The van der Waals surface area contributed by atoms with Gasteiger partial charge in [0.25, 0.3) is 5.69 Å². The predicted octanol–water partition coefficient (Wildman–Crippen LogP) is 5.27. The Morgan fingerprint density at radius 1 is 1.25 bits per heavy atom. The topological polar surface area (TPSA) is 55.2 Å². The number of para-hydroxylation sites is 1. The van der Waals surface area contributed by atoms with E-state index in [1.54, 1.807) is 12.1 Å². The van der Waals surface area contributed by atoms with E-state index in [0.29, 0.717) is 17.3 Å². The average Bonchev–Trinajstić information content (AvgIpc) is 2.38. The molecular weight excluding hydrogens is 276 g/mol. The van der Waals surface area contributed by atoms with Crippen molar-refractivity contribution < 1.29 is 4.92 Å². The van der Waals surface area contributed by atoms with Gasteiger partial charge in [-0.05, 0) is 18.4 Å². The number of unbranched alkanes of at least 4 members (excludes halogenated alkanes) is 3. The van der Waals surface area contributed by atoms with E-state index in [1.807, 2.05) is 0 Å². The summed E-state index contributed by atoms with van der Waals surface area (Å²) in [7, 11) is 0. The second-order valence-electron chi connectivity index (χ2n) is 5.41. The molecule has 0 aromatic heterocycles. The zero-order chi connectivity index (χ0) is 15.0. The molecular formula is C15H23ClN2O2. The van der Waals surface area contributed by atoms with E-state index < -0.39 is 4.92 Å². The van der Waals surface area contributed by atoms with Crippen LogP contribution in [0.3, 0.4) is 0 Å². The maximum absolute atomic E-state index is 10.9. The monoisotopic (exact) mass is 298 g/mol. The third-order valence-electron chi connectivity index (χ3n) is 3.20. The van der Waals surface area contributed by atoms with Crippen LogP contribution in [0.25, 0.3) is 0 Å². The van der Waals surface area contributed by atoms with Crippen LogP contribution < -0.4 is 5.32 Å². The molecule has 0 aliphatic rings. The summed E-state index contributed by atoms with van der Waals surface area (Å²) in [6.45, 7) is 5.18. The maximum atomic E-state index is 10.9. The van der Waals surface area contributed by atoms with Crippen LogP contribution in [-0.2, 0) is 0 Å². The highest BCUT2D eigenvalue weighted by molar-refractivity contribution is 6.33. The number of rotatable bonds is 9. The summed E-state index contributed by atoms with van der Waals surface area (Å²) < 4.78 is 0. The van der Waals surface area contributed by atoms with Gasteiger partial charge in [0.2, 0.25) is 0 Å². The normalized spacial score (nSPS) is 10.8. The van der Waals surface area contributed by atoms with Crippen molar-refractivity contribution in [2.24, 2.45) is 5.92 Å². The molecule has 4 nitrogen and oxygen atoms in total. The Morgan fingerprint density at radius 3 is 2.60 bits per heavy atom. The van der Waals surface area contributed by atoms with Crippen molar-refractivity contribution in [3.05, 3.63) is 33.3 Å². The van der Waals surface area contributed by atoms with Gasteiger partial charge in [-0.3, -0.25) is 10.1 Å². The summed E-state index contributed by atoms with van der Waals surface area (Å²) in [6.07, 6.45) is 5.87. The van der Waals surface area contributed by atoms with E-state index in [4.69, 9.17) is 11.6 Å². The molecule has 0 aliphatic heterocycles. The lowest BCUT2D eigenvalue weighted by molar-refractivity contribution is -0.383. The maximum Gasteiger partial charge on any atom is 0.293 e. The number of nitro groups is 1. The summed E-state index contributed by atoms with van der Waals surface area (Å²) in [5.41, 5.74) is 0.471. The number of anilines is 1. The molecule has 0 radical (unpaired) electrons. The van der Waals surface area contributed by atoms with Crippen molar-refractivity contribution in [2.45, 2.75) is 46.0 Å². The minimum absolute atomic E-state index is 0.0392. The molecule has 20 heavy (non-hydrogen) atoms. The molecule has 0 saturated carbocycles. The van der Waals surface area contributed by atoms with Gasteiger partial charge >= 0.3 is 0 Å². The lowest BCUT2D eigenvalue weighted by Gasteiger charge is -2.09. The van der Waals surface area contributed by atoms with Crippen LogP contribution in [0.5, 0.6) is 0 Å². The minimum Gasteiger partial charge on any atom is -0.378 e. The molecule has 1 rings (SSSR count). The molecule has 0 fully saturated rings. The fraction of sp³-hybridized carbons (Fsp3) is 0.600. The molecule has 0 unspecified atom stereocenters. The standard InChI is InChI=1S/C15H23ClN2O2/c1-12(2)8-5-3-4-6-11-17-15-13(16)9-7-10-14(15)18(19)20/h7,9-10,12,17H,3-6,8,11H2,1-2H3. The van der Waals surface area contributed by atoms with Crippen LogP contribution in [0.1, 0.15) is 46.0 Å². The number of nitrogens with zero attached hydrogens (tertiary/aromatic N) is 1. The molecule has 0 spiro atoms. The van der Waals surface area contributed by atoms with Gasteiger partial charge in [-0.25, -0.2) is 0 Å². The highest BCUT2D eigenvalue weighted by Crippen LogP contribution is 2.31. The summed E-state index contributed by atoms with van der Waals surface area (Å²) in [5.74, 6) is 0.763. The highest BCUT2D eigenvalue weighted by Gasteiger charge is 2.15.